The smallest absolute Gasteiger partial charge is 0.220 e. The number of hydrogen-bond donors (Lipinski definition) is 9. The average Bonchev–Trinajstić information content (AvgIpc) is 4.02. The van der Waals surface area contributed by atoms with E-state index in [1.165, 1.54) is 17.3 Å². The number of aromatic amines is 2. The zero-order valence-corrected chi connectivity index (χ0v) is 41.5. The normalized spacial score (nSPS) is 27.1. The van der Waals surface area contributed by atoms with Crippen LogP contribution in [0.5, 0.6) is 0 Å². The van der Waals surface area contributed by atoms with Crippen molar-refractivity contribution < 1.29 is 49.6 Å². The number of nitrogens with one attached hydrogen (secondary N) is 3. The van der Waals surface area contributed by atoms with Gasteiger partial charge in [0, 0.05) is 83.3 Å². The molecule has 0 spiro atoms. The summed E-state index contributed by atoms with van der Waals surface area (Å²) in [5, 5.41) is 63.3. The SMILES string of the molecule is CCC1=C(C)c2cc3[nH]c(cc4nc(c(C)c5cc(C)c(cc1n2)[nH]5)[C@@H](CCC(=O)NCCCS[C@H]1C[C@@H](O)C[C@@H](CO)O1)[C@@H]4C)c(C)c3C(C)OCCCSC1O[C@H](CO)[C@@H](O)[C@H](O)[C@H]1O. The van der Waals surface area contributed by atoms with Gasteiger partial charge in [-0.15, -0.1) is 23.5 Å². The lowest BCUT2D eigenvalue weighted by molar-refractivity contribution is -0.205. The van der Waals surface area contributed by atoms with E-state index in [0.29, 0.717) is 51.0 Å². The molecular weight excluding hydrogens is 895 g/mol. The van der Waals surface area contributed by atoms with Crippen LogP contribution in [-0.2, 0) is 19.0 Å². The fourth-order valence-electron chi connectivity index (χ4n) is 9.80. The molecule has 368 valence electrons. The van der Waals surface area contributed by atoms with E-state index in [1.54, 1.807) is 11.8 Å². The molecule has 1 amide bonds. The van der Waals surface area contributed by atoms with E-state index in [0.717, 1.165) is 91.3 Å². The average molecular weight is 966 g/mol. The molecule has 3 aromatic rings. The van der Waals surface area contributed by atoms with Crippen LogP contribution in [0.3, 0.4) is 0 Å². The number of rotatable bonds is 18. The van der Waals surface area contributed by atoms with Gasteiger partial charge in [0.1, 0.15) is 35.3 Å². The van der Waals surface area contributed by atoms with Crippen LogP contribution < -0.4 is 5.32 Å². The lowest BCUT2D eigenvalue weighted by atomic mass is 9.86. The highest BCUT2D eigenvalue weighted by molar-refractivity contribution is 8.00. The summed E-state index contributed by atoms with van der Waals surface area (Å²) >= 11 is 2.93. The molecule has 2 fully saturated rings. The number of ether oxygens (including phenoxy) is 3. The van der Waals surface area contributed by atoms with Crippen LogP contribution in [0.1, 0.15) is 136 Å². The highest BCUT2D eigenvalue weighted by Gasteiger charge is 2.43. The summed E-state index contributed by atoms with van der Waals surface area (Å²) in [6.45, 7) is 15.2. The Bertz CT molecular complexity index is 2410. The highest BCUT2D eigenvalue weighted by Crippen LogP contribution is 2.42. The number of thioether (sulfide) groups is 2. The number of carbonyl (C=O) groups is 1. The second-order valence-electron chi connectivity index (χ2n) is 18.5. The predicted octanol–water partition coefficient (Wildman–Crippen LogP) is 6.35. The third-order valence-corrected chi connectivity index (χ3v) is 16.3. The molecule has 2 unspecified atom stereocenters. The number of hydrogen-bond acceptors (Lipinski definition) is 14. The first-order chi connectivity index (χ1) is 32.1. The van der Waals surface area contributed by atoms with Crippen molar-refractivity contribution in [3.63, 3.8) is 0 Å². The summed E-state index contributed by atoms with van der Waals surface area (Å²) in [7, 11) is 0. The summed E-state index contributed by atoms with van der Waals surface area (Å²) < 4.78 is 18.1. The molecule has 0 saturated carbocycles. The standard InChI is InChI=1S/C50H71N5O10S2/c1-8-33-26(3)37-22-41-45(30(7)63-14-10-16-67-50-49(62)48(61)47(60)42(24-57)65-50)28(5)39(54-41)21-38-27(4)34(46(55-38)29(6)36-17-25(2)35(52-36)20-40(33)53-37)11-12-43(59)51-13-9-15-66-44-19-31(58)18-32(23-56)64-44/h17,20-22,27,30-32,34,42,44,47-50,52,54,56-58,60-62H,8-16,18-19,23-24H2,1-7H3,(H,51,59)/t27-,30?,31-,32-,34-,42+,44-,47+,48-,49+,50?/m0/s1. The number of allylic oxidation sites excluding steroid dienone is 2. The van der Waals surface area contributed by atoms with E-state index in [4.69, 9.17) is 24.2 Å². The summed E-state index contributed by atoms with van der Waals surface area (Å²) in [6, 6.07) is 8.59. The number of fused-ring (bicyclic) bond motifs is 8. The lowest BCUT2D eigenvalue weighted by Crippen LogP contribution is -2.57. The van der Waals surface area contributed by atoms with E-state index in [-0.39, 0.29) is 42.0 Å². The maximum Gasteiger partial charge on any atom is 0.220 e. The fraction of sp³-hybridized carbons (Fsp3) is 0.620. The molecule has 7 rings (SSSR count). The van der Waals surface area contributed by atoms with Gasteiger partial charge in [-0.25, -0.2) is 4.98 Å². The number of carbonyl (C=O) groups excluding carboxylic acids is 1. The molecule has 0 aromatic carbocycles. The van der Waals surface area contributed by atoms with Crippen molar-refractivity contribution in [2.24, 2.45) is 0 Å². The van der Waals surface area contributed by atoms with Crippen LogP contribution in [0.2, 0.25) is 0 Å². The van der Waals surface area contributed by atoms with Gasteiger partial charge in [-0.05, 0) is 124 Å². The Morgan fingerprint density at radius 3 is 2.34 bits per heavy atom. The van der Waals surface area contributed by atoms with Crippen molar-refractivity contribution >= 4 is 62.6 Å². The summed E-state index contributed by atoms with van der Waals surface area (Å²) in [5.41, 5.74) is 13.0. The number of aromatic nitrogens is 4. The highest BCUT2D eigenvalue weighted by atomic mass is 32.2. The summed E-state index contributed by atoms with van der Waals surface area (Å²) in [5.74, 6) is 1.33. The molecule has 7 heterocycles. The second-order valence-corrected chi connectivity index (χ2v) is 21.0. The van der Waals surface area contributed by atoms with E-state index in [9.17, 15) is 35.4 Å². The summed E-state index contributed by atoms with van der Waals surface area (Å²) in [6.07, 6.45) is -1.98. The van der Waals surface area contributed by atoms with E-state index < -0.39 is 42.6 Å². The molecule has 15 nitrogen and oxygen atoms in total. The number of nitrogens with zero attached hydrogens (tertiary/aromatic N) is 2. The van der Waals surface area contributed by atoms with Crippen LogP contribution in [0.15, 0.2) is 24.3 Å². The molecule has 2 saturated heterocycles. The lowest BCUT2D eigenvalue weighted by Gasteiger charge is -2.39. The number of H-pyrrole nitrogens is 2. The van der Waals surface area contributed by atoms with Crippen LogP contribution in [0.4, 0.5) is 0 Å². The van der Waals surface area contributed by atoms with Gasteiger partial charge in [0.2, 0.25) is 5.91 Å². The first kappa shape index (κ1) is 51.5. The van der Waals surface area contributed by atoms with E-state index in [1.807, 2.05) is 6.92 Å². The van der Waals surface area contributed by atoms with Gasteiger partial charge in [-0.3, -0.25) is 9.78 Å². The molecule has 0 aliphatic carbocycles. The minimum Gasteiger partial charge on any atom is -0.394 e. The first-order valence-electron chi connectivity index (χ1n) is 23.9. The van der Waals surface area contributed by atoms with Gasteiger partial charge in [0.25, 0.3) is 0 Å². The molecule has 3 aromatic heterocycles. The maximum absolute atomic E-state index is 13.3. The molecular formula is C50H71N5O10S2. The number of aryl methyl sites for hydroxylation is 3. The van der Waals surface area contributed by atoms with Crippen molar-refractivity contribution in [2.45, 2.75) is 159 Å². The van der Waals surface area contributed by atoms with Gasteiger partial charge >= 0.3 is 0 Å². The predicted molar refractivity (Wildman–Crippen MR) is 265 cm³/mol. The minimum atomic E-state index is -1.41. The topological polar surface area (TPSA) is 236 Å². The van der Waals surface area contributed by atoms with Crippen molar-refractivity contribution in [1.29, 1.82) is 0 Å². The fourth-order valence-corrected chi connectivity index (χ4v) is 12.1. The molecule has 67 heavy (non-hydrogen) atoms. The molecule has 8 bridgehead atoms. The minimum absolute atomic E-state index is 0.00258. The number of aliphatic hydroxyl groups is 6. The molecule has 11 atom stereocenters. The maximum atomic E-state index is 13.3. The van der Waals surface area contributed by atoms with Crippen molar-refractivity contribution in [3.05, 3.63) is 69.3 Å². The van der Waals surface area contributed by atoms with Gasteiger partial charge in [-0.1, -0.05) is 13.8 Å². The van der Waals surface area contributed by atoms with Crippen LogP contribution in [-0.4, -0.2) is 142 Å². The molecule has 9 N–H and O–H groups in total. The molecule has 4 aliphatic rings. The Labute approximate surface area is 401 Å². The van der Waals surface area contributed by atoms with Gasteiger partial charge in [0.05, 0.1) is 42.9 Å². The first-order valence-corrected chi connectivity index (χ1v) is 26.0. The molecule has 0 radical (unpaired) electrons. The molecule has 17 heteroatoms. The summed E-state index contributed by atoms with van der Waals surface area (Å²) in [4.78, 5) is 31.4. The Hall–Kier alpha value is -3.33. The van der Waals surface area contributed by atoms with Crippen LogP contribution in [0, 0.1) is 20.8 Å². The monoisotopic (exact) mass is 965 g/mol. The zero-order valence-electron chi connectivity index (χ0n) is 39.9. The van der Waals surface area contributed by atoms with Crippen molar-refractivity contribution in [3.8, 4) is 0 Å². The third-order valence-electron chi connectivity index (χ3n) is 13.8. The Morgan fingerprint density at radius 1 is 0.866 bits per heavy atom. The number of aliphatic hydroxyl groups excluding tert-OH is 6. The Kier molecular flexibility index (Phi) is 17.7. The largest absolute Gasteiger partial charge is 0.394 e. The number of amides is 1. The van der Waals surface area contributed by atoms with Crippen LogP contribution >= 0.6 is 23.5 Å². The van der Waals surface area contributed by atoms with Crippen molar-refractivity contribution in [1.82, 2.24) is 25.3 Å². The Balaban J connectivity index is 1.13. The third kappa shape index (κ3) is 11.8. The van der Waals surface area contributed by atoms with E-state index in [2.05, 4.69) is 81.1 Å². The quantitative estimate of drug-likeness (QED) is 0.0633. The van der Waals surface area contributed by atoms with Crippen molar-refractivity contribution in [2.75, 3.05) is 37.9 Å². The van der Waals surface area contributed by atoms with Gasteiger partial charge in [-0.2, -0.15) is 0 Å². The van der Waals surface area contributed by atoms with Crippen LogP contribution in [0.25, 0.3) is 33.2 Å². The Morgan fingerprint density at radius 2 is 1.60 bits per heavy atom. The van der Waals surface area contributed by atoms with Gasteiger partial charge < -0.3 is 60.1 Å². The zero-order chi connectivity index (χ0) is 48.1. The second kappa shape index (κ2) is 23.1. The van der Waals surface area contributed by atoms with E-state index >= 15 is 0 Å². The van der Waals surface area contributed by atoms with Gasteiger partial charge in [0.15, 0.2) is 0 Å². The molecule has 4 aliphatic heterocycles.